The monoisotopic (exact) mass is 337 g/mol. The summed E-state index contributed by atoms with van der Waals surface area (Å²) in [5.74, 6) is -0.0911. The minimum Gasteiger partial charge on any atom is -0.327 e. The van der Waals surface area contributed by atoms with E-state index in [1.165, 1.54) is 4.88 Å². The number of aryl methyl sites for hydroxylation is 3. The van der Waals surface area contributed by atoms with Gasteiger partial charge in [-0.25, -0.2) is 4.98 Å². The molecular formula is C16H20ClN3OS. The SMILES string of the molecule is Cc1ccc(C)c(C(=O)Nc2nc3c(s2)C[C@@H](N)CC3)c1.Cl. The summed E-state index contributed by atoms with van der Waals surface area (Å²) in [6.07, 6.45) is 2.75. The summed E-state index contributed by atoms with van der Waals surface area (Å²) in [6, 6.07) is 6.11. The Morgan fingerprint density at radius 1 is 1.41 bits per heavy atom. The van der Waals surface area contributed by atoms with Crippen LogP contribution in [0, 0.1) is 13.8 Å². The van der Waals surface area contributed by atoms with Crippen LogP contribution < -0.4 is 11.1 Å². The molecule has 1 aliphatic carbocycles. The number of halogens is 1. The Bertz CT molecular complexity index is 699. The number of nitrogens with one attached hydrogen (secondary N) is 1. The molecule has 0 aliphatic heterocycles. The fraction of sp³-hybridized carbons (Fsp3) is 0.375. The number of aromatic nitrogens is 1. The number of nitrogens with zero attached hydrogens (tertiary/aromatic N) is 1. The Kier molecular flexibility index (Phi) is 5.21. The number of anilines is 1. The number of hydrogen-bond acceptors (Lipinski definition) is 4. The third-order valence-electron chi connectivity index (χ3n) is 3.84. The zero-order chi connectivity index (χ0) is 15.0. The number of nitrogens with two attached hydrogens (primary N) is 1. The minimum absolute atomic E-state index is 0. The summed E-state index contributed by atoms with van der Waals surface area (Å²) in [5.41, 5.74) is 9.84. The second kappa shape index (κ2) is 6.77. The molecule has 0 saturated heterocycles. The maximum absolute atomic E-state index is 12.4. The molecule has 0 bridgehead atoms. The number of fused-ring (bicyclic) bond motifs is 1. The van der Waals surface area contributed by atoms with Gasteiger partial charge in [0.15, 0.2) is 5.13 Å². The van der Waals surface area contributed by atoms with Gasteiger partial charge in [0.1, 0.15) is 0 Å². The number of carbonyl (C=O) groups is 1. The second-order valence-corrected chi connectivity index (χ2v) is 6.75. The van der Waals surface area contributed by atoms with Gasteiger partial charge in [0.2, 0.25) is 0 Å². The fourth-order valence-corrected chi connectivity index (χ4v) is 3.69. The van der Waals surface area contributed by atoms with Crippen LogP contribution in [-0.4, -0.2) is 16.9 Å². The second-order valence-electron chi connectivity index (χ2n) is 5.66. The molecule has 0 saturated carbocycles. The van der Waals surface area contributed by atoms with Crippen LogP contribution in [0.15, 0.2) is 18.2 Å². The average molecular weight is 338 g/mol. The van der Waals surface area contributed by atoms with Gasteiger partial charge in [-0.15, -0.1) is 23.7 Å². The largest absolute Gasteiger partial charge is 0.327 e. The highest BCUT2D eigenvalue weighted by atomic mass is 35.5. The van der Waals surface area contributed by atoms with E-state index in [1.807, 2.05) is 32.0 Å². The van der Waals surface area contributed by atoms with E-state index in [4.69, 9.17) is 5.73 Å². The van der Waals surface area contributed by atoms with E-state index in [9.17, 15) is 4.79 Å². The first-order valence-corrected chi connectivity index (χ1v) is 7.97. The first-order valence-electron chi connectivity index (χ1n) is 7.15. The van der Waals surface area contributed by atoms with Crippen LogP contribution in [0.4, 0.5) is 5.13 Å². The van der Waals surface area contributed by atoms with Crippen LogP contribution in [0.25, 0.3) is 0 Å². The van der Waals surface area contributed by atoms with Crippen molar-refractivity contribution in [2.45, 2.75) is 39.2 Å². The Hall–Kier alpha value is -1.43. The molecular weight excluding hydrogens is 318 g/mol. The maximum atomic E-state index is 12.4. The van der Waals surface area contributed by atoms with E-state index in [0.717, 1.165) is 36.1 Å². The van der Waals surface area contributed by atoms with Gasteiger partial charge in [-0.1, -0.05) is 17.7 Å². The maximum Gasteiger partial charge on any atom is 0.257 e. The van der Waals surface area contributed by atoms with Crippen molar-refractivity contribution >= 4 is 34.8 Å². The first kappa shape index (κ1) is 16.9. The van der Waals surface area contributed by atoms with Gasteiger partial charge in [0.25, 0.3) is 5.91 Å². The average Bonchev–Trinajstić information content (AvgIpc) is 2.82. The highest BCUT2D eigenvalue weighted by Gasteiger charge is 2.21. The minimum atomic E-state index is -0.0911. The Morgan fingerprint density at radius 3 is 2.95 bits per heavy atom. The molecule has 1 aromatic carbocycles. The first-order chi connectivity index (χ1) is 10.0. The van der Waals surface area contributed by atoms with Gasteiger partial charge >= 0.3 is 0 Å². The molecule has 1 heterocycles. The van der Waals surface area contributed by atoms with Crippen molar-refractivity contribution in [2.75, 3.05) is 5.32 Å². The number of rotatable bonds is 2. The van der Waals surface area contributed by atoms with Gasteiger partial charge in [-0.2, -0.15) is 0 Å². The zero-order valence-corrected chi connectivity index (χ0v) is 14.3. The van der Waals surface area contributed by atoms with Crippen LogP contribution in [0.2, 0.25) is 0 Å². The molecule has 6 heteroatoms. The highest BCUT2D eigenvalue weighted by Crippen LogP contribution is 2.29. The molecule has 2 aromatic rings. The normalized spacial score (nSPS) is 16.6. The van der Waals surface area contributed by atoms with Crippen molar-refractivity contribution in [1.29, 1.82) is 0 Å². The van der Waals surface area contributed by atoms with Crippen LogP contribution in [0.3, 0.4) is 0 Å². The van der Waals surface area contributed by atoms with Crippen LogP contribution >= 0.6 is 23.7 Å². The van der Waals surface area contributed by atoms with Crippen molar-refractivity contribution in [1.82, 2.24) is 4.98 Å². The van der Waals surface area contributed by atoms with Gasteiger partial charge < -0.3 is 5.73 Å². The summed E-state index contributed by atoms with van der Waals surface area (Å²) in [5, 5.41) is 3.61. The van der Waals surface area contributed by atoms with E-state index in [1.54, 1.807) is 11.3 Å². The molecule has 0 spiro atoms. The highest BCUT2D eigenvalue weighted by molar-refractivity contribution is 7.15. The Labute approximate surface area is 140 Å². The van der Waals surface area contributed by atoms with Crippen molar-refractivity contribution in [3.8, 4) is 0 Å². The summed E-state index contributed by atoms with van der Waals surface area (Å²) in [6.45, 7) is 3.93. The summed E-state index contributed by atoms with van der Waals surface area (Å²) >= 11 is 1.55. The number of hydrogen-bond donors (Lipinski definition) is 2. The smallest absolute Gasteiger partial charge is 0.257 e. The molecule has 1 aromatic heterocycles. The molecule has 1 atom stereocenters. The van der Waals surface area contributed by atoms with Crippen molar-refractivity contribution in [3.05, 3.63) is 45.5 Å². The summed E-state index contributed by atoms with van der Waals surface area (Å²) < 4.78 is 0. The number of amides is 1. The predicted octanol–water partition coefficient (Wildman–Crippen LogP) is 3.25. The lowest BCUT2D eigenvalue weighted by Gasteiger charge is -2.15. The Morgan fingerprint density at radius 2 is 2.18 bits per heavy atom. The van der Waals surface area contributed by atoms with Crippen molar-refractivity contribution in [3.63, 3.8) is 0 Å². The summed E-state index contributed by atoms with van der Waals surface area (Å²) in [7, 11) is 0. The molecule has 1 aliphatic rings. The molecule has 0 radical (unpaired) electrons. The molecule has 22 heavy (non-hydrogen) atoms. The van der Waals surface area contributed by atoms with Crippen LogP contribution in [0.1, 0.15) is 38.5 Å². The van der Waals surface area contributed by atoms with Gasteiger partial charge in [0, 0.05) is 16.5 Å². The van der Waals surface area contributed by atoms with E-state index >= 15 is 0 Å². The third kappa shape index (κ3) is 3.48. The standard InChI is InChI=1S/C16H19N3OS.ClH/c1-9-3-4-10(2)12(7-9)15(20)19-16-18-13-6-5-11(17)8-14(13)21-16;/h3-4,7,11H,5-6,8,17H2,1-2H3,(H,18,19,20);1H/t11-;/m0./s1. The van der Waals surface area contributed by atoms with E-state index in [0.29, 0.717) is 10.7 Å². The molecule has 118 valence electrons. The molecule has 3 rings (SSSR count). The molecule has 3 N–H and O–H groups in total. The molecule has 4 nitrogen and oxygen atoms in total. The lowest BCUT2D eigenvalue weighted by molar-refractivity contribution is 0.102. The van der Waals surface area contributed by atoms with Crippen molar-refractivity contribution < 1.29 is 4.79 Å². The van der Waals surface area contributed by atoms with Crippen LogP contribution in [0.5, 0.6) is 0 Å². The predicted molar refractivity (Wildman–Crippen MR) is 93.2 cm³/mol. The topological polar surface area (TPSA) is 68.0 Å². The molecule has 1 amide bonds. The van der Waals surface area contributed by atoms with Crippen molar-refractivity contribution in [2.24, 2.45) is 5.73 Å². The number of carbonyl (C=O) groups excluding carboxylic acids is 1. The van der Waals surface area contributed by atoms with E-state index in [2.05, 4.69) is 10.3 Å². The molecule has 0 unspecified atom stereocenters. The van der Waals surface area contributed by atoms with Gasteiger partial charge in [-0.05, 0) is 44.7 Å². The lowest BCUT2D eigenvalue weighted by atomic mass is 9.99. The van der Waals surface area contributed by atoms with Gasteiger partial charge in [-0.3, -0.25) is 10.1 Å². The quantitative estimate of drug-likeness (QED) is 0.883. The zero-order valence-electron chi connectivity index (χ0n) is 12.7. The number of benzene rings is 1. The van der Waals surface area contributed by atoms with E-state index in [-0.39, 0.29) is 24.4 Å². The number of thiazole rings is 1. The van der Waals surface area contributed by atoms with Crippen LogP contribution in [-0.2, 0) is 12.8 Å². The van der Waals surface area contributed by atoms with E-state index < -0.39 is 0 Å². The molecule has 0 fully saturated rings. The summed E-state index contributed by atoms with van der Waals surface area (Å²) in [4.78, 5) is 18.1. The van der Waals surface area contributed by atoms with Gasteiger partial charge in [0.05, 0.1) is 5.69 Å². The third-order valence-corrected chi connectivity index (χ3v) is 4.87. The lowest BCUT2D eigenvalue weighted by Crippen LogP contribution is -2.27. The fourth-order valence-electron chi connectivity index (χ4n) is 2.60. The Balaban J connectivity index is 0.00000176.